The van der Waals surface area contributed by atoms with Gasteiger partial charge in [-0.25, -0.2) is 4.68 Å². The number of nitrogens with zero attached hydrogens (tertiary/aromatic N) is 3. The lowest BCUT2D eigenvalue weighted by atomic mass is 10.00. The number of hydrogen-bond donors (Lipinski definition) is 1. The van der Waals surface area contributed by atoms with Gasteiger partial charge in [-0.1, -0.05) is 61.0 Å². The van der Waals surface area contributed by atoms with Crippen LogP contribution in [0.2, 0.25) is 10.0 Å². The molecule has 1 N–H and O–H groups in total. The summed E-state index contributed by atoms with van der Waals surface area (Å²) >= 11 is 12.4. The molecule has 1 aliphatic rings. The highest BCUT2D eigenvalue weighted by Gasteiger charge is 2.26. The normalized spacial score (nSPS) is 12.8. The number of nitrogens with one attached hydrogen (secondary N) is 1. The van der Waals surface area contributed by atoms with E-state index in [9.17, 15) is 5.26 Å². The van der Waals surface area contributed by atoms with Crippen LogP contribution in [0.4, 0.5) is 5.82 Å². The lowest BCUT2D eigenvalue weighted by molar-refractivity contribution is 0.919. The Morgan fingerprint density at radius 2 is 2.04 bits per heavy atom. The monoisotopic (exact) mass is 406 g/mol. The van der Waals surface area contributed by atoms with E-state index in [2.05, 4.69) is 42.1 Å². The maximum absolute atomic E-state index is 9.74. The Morgan fingerprint density at radius 3 is 2.75 bits per heavy atom. The minimum absolute atomic E-state index is 0.406. The molecule has 1 aromatic heterocycles. The number of fused-ring (bicyclic) bond motifs is 1. The molecule has 4 rings (SSSR count). The van der Waals surface area contributed by atoms with Crippen molar-refractivity contribution >= 4 is 40.3 Å². The molecule has 0 saturated carbocycles. The quantitative estimate of drug-likeness (QED) is 0.560. The fraction of sp³-hybridized carbons (Fsp3) is 0.0909. The van der Waals surface area contributed by atoms with E-state index in [0.29, 0.717) is 38.4 Å². The molecule has 0 unspecified atom stereocenters. The second-order valence-corrected chi connectivity index (χ2v) is 7.27. The van der Waals surface area contributed by atoms with E-state index in [-0.39, 0.29) is 0 Å². The predicted molar refractivity (Wildman–Crippen MR) is 115 cm³/mol. The average molecular weight is 407 g/mol. The molecule has 0 radical (unpaired) electrons. The van der Waals surface area contributed by atoms with Gasteiger partial charge in [-0.3, -0.25) is 0 Å². The van der Waals surface area contributed by atoms with Crippen LogP contribution in [0, 0.1) is 11.3 Å². The topological polar surface area (TPSA) is 53.6 Å². The number of hydrogen-bond acceptors (Lipinski definition) is 3. The highest BCUT2D eigenvalue weighted by molar-refractivity contribution is 6.36. The zero-order chi connectivity index (χ0) is 19.8. The maximum atomic E-state index is 9.74. The van der Waals surface area contributed by atoms with Crippen LogP contribution in [0.15, 0.2) is 55.2 Å². The van der Waals surface area contributed by atoms with Gasteiger partial charge >= 0.3 is 0 Å². The summed E-state index contributed by atoms with van der Waals surface area (Å²) in [7, 11) is 0. The summed E-state index contributed by atoms with van der Waals surface area (Å²) in [6, 6.07) is 15.7. The molecule has 2 aromatic carbocycles. The van der Waals surface area contributed by atoms with Crippen molar-refractivity contribution in [3.63, 3.8) is 0 Å². The Bertz CT molecular complexity index is 1180. The molecular formula is C22H16Cl2N4. The Balaban J connectivity index is 1.82. The first kappa shape index (κ1) is 18.4. The first-order valence-corrected chi connectivity index (χ1v) is 9.53. The zero-order valence-electron chi connectivity index (χ0n) is 15.1. The van der Waals surface area contributed by atoms with E-state index < -0.39 is 0 Å². The third-order valence-corrected chi connectivity index (χ3v) is 5.30. The minimum atomic E-state index is 0.406. The summed E-state index contributed by atoms with van der Waals surface area (Å²) in [4.78, 5) is 0. The van der Waals surface area contributed by atoms with Crippen molar-refractivity contribution in [3.8, 4) is 17.3 Å². The van der Waals surface area contributed by atoms with E-state index in [1.807, 2.05) is 18.3 Å². The third kappa shape index (κ3) is 2.99. The first-order chi connectivity index (χ1) is 13.5. The van der Waals surface area contributed by atoms with Crippen LogP contribution in [0.5, 0.6) is 0 Å². The number of rotatable bonds is 3. The van der Waals surface area contributed by atoms with Crippen LogP contribution in [-0.2, 0) is 6.42 Å². The minimum Gasteiger partial charge on any atom is -0.345 e. The summed E-state index contributed by atoms with van der Waals surface area (Å²) in [5, 5.41) is 18.6. The van der Waals surface area contributed by atoms with Gasteiger partial charge in [-0.2, -0.15) is 10.4 Å². The van der Waals surface area contributed by atoms with Gasteiger partial charge in [0.2, 0.25) is 0 Å². The number of allylic oxidation sites excluding steroid dienone is 2. The third-order valence-electron chi connectivity index (χ3n) is 4.75. The molecule has 0 fully saturated rings. The van der Waals surface area contributed by atoms with Gasteiger partial charge in [-0.05, 0) is 35.7 Å². The molecule has 28 heavy (non-hydrogen) atoms. The van der Waals surface area contributed by atoms with Crippen LogP contribution >= 0.6 is 23.2 Å². The molecule has 0 aliphatic carbocycles. The van der Waals surface area contributed by atoms with Gasteiger partial charge in [0.15, 0.2) is 5.82 Å². The number of benzene rings is 2. The van der Waals surface area contributed by atoms with Gasteiger partial charge in [0.05, 0.1) is 10.7 Å². The van der Waals surface area contributed by atoms with Crippen LogP contribution in [0.3, 0.4) is 0 Å². The lowest BCUT2D eigenvalue weighted by Gasteiger charge is -2.20. The molecule has 1 aliphatic heterocycles. The Kier molecular flexibility index (Phi) is 4.72. The Morgan fingerprint density at radius 1 is 1.21 bits per heavy atom. The van der Waals surface area contributed by atoms with Crippen molar-refractivity contribution in [1.29, 1.82) is 5.26 Å². The van der Waals surface area contributed by atoms with E-state index in [4.69, 9.17) is 23.2 Å². The summed E-state index contributed by atoms with van der Waals surface area (Å²) in [6.07, 6.45) is 2.81. The van der Waals surface area contributed by atoms with Crippen molar-refractivity contribution in [2.45, 2.75) is 13.3 Å². The predicted octanol–water partition coefficient (Wildman–Crippen LogP) is 6.23. The molecular weight excluding hydrogens is 391 g/mol. The number of anilines is 1. The molecule has 0 amide bonds. The summed E-state index contributed by atoms with van der Waals surface area (Å²) in [5.74, 6) is 0.573. The largest absolute Gasteiger partial charge is 0.345 e. The van der Waals surface area contributed by atoms with Crippen LogP contribution in [0.1, 0.15) is 23.6 Å². The van der Waals surface area contributed by atoms with E-state index >= 15 is 0 Å². The molecule has 138 valence electrons. The van der Waals surface area contributed by atoms with Crippen molar-refractivity contribution in [2.24, 2.45) is 0 Å². The fourth-order valence-corrected chi connectivity index (χ4v) is 3.77. The maximum Gasteiger partial charge on any atom is 0.152 e. The van der Waals surface area contributed by atoms with Crippen LogP contribution in [-0.4, -0.2) is 9.78 Å². The summed E-state index contributed by atoms with van der Waals surface area (Å²) in [5.41, 5.74) is 5.44. The molecule has 4 nitrogen and oxygen atoms in total. The molecule has 2 heterocycles. The Labute approximate surface area is 173 Å². The van der Waals surface area contributed by atoms with Crippen molar-refractivity contribution in [1.82, 2.24) is 9.78 Å². The number of aromatic nitrogens is 2. The van der Waals surface area contributed by atoms with Crippen LogP contribution < -0.4 is 5.32 Å². The number of aryl methyl sites for hydroxylation is 1. The smallest absolute Gasteiger partial charge is 0.152 e. The molecule has 0 bridgehead atoms. The van der Waals surface area contributed by atoms with Crippen molar-refractivity contribution < 1.29 is 0 Å². The highest BCUT2D eigenvalue weighted by Crippen LogP contribution is 2.39. The molecule has 0 spiro atoms. The van der Waals surface area contributed by atoms with Gasteiger partial charge < -0.3 is 5.32 Å². The van der Waals surface area contributed by atoms with E-state index in [1.165, 1.54) is 5.56 Å². The van der Waals surface area contributed by atoms with Gasteiger partial charge in [0, 0.05) is 22.4 Å². The van der Waals surface area contributed by atoms with Crippen LogP contribution in [0.25, 0.3) is 22.5 Å². The zero-order valence-corrected chi connectivity index (χ0v) is 16.6. The standard InChI is InChI=1S/C22H16Cl2N4/c1-3-14-5-4-6-15(9-14)19-12-26-22-18(11-25)21(27-28(22)13(19)2)17-8-7-16(23)10-20(17)24/h4-10,12,26H,2-3H2,1H3. The SMILES string of the molecule is C=C1C(c2cccc(CC)c2)=CNc2c(C#N)c(-c3ccc(Cl)cc3Cl)nn21. The van der Waals surface area contributed by atoms with Gasteiger partial charge in [-0.15, -0.1) is 0 Å². The first-order valence-electron chi connectivity index (χ1n) is 8.77. The second kappa shape index (κ2) is 7.20. The number of halogens is 2. The lowest BCUT2D eigenvalue weighted by Crippen LogP contribution is -2.11. The average Bonchev–Trinajstić information content (AvgIpc) is 3.07. The van der Waals surface area contributed by atoms with E-state index in [0.717, 1.165) is 17.6 Å². The summed E-state index contributed by atoms with van der Waals surface area (Å²) in [6.45, 7) is 6.34. The Hall–Kier alpha value is -3.00. The molecule has 6 heteroatoms. The fourth-order valence-electron chi connectivity index (χ4n) is 3.27. The van der Waals surface area contributed by atoms with Gasteiger partial charge in [0.25, 0.3) is 0 Å². The van der Waals surface area contributed by atoms with Crippen molar-refractivity contribution in [2.75, 3.05) is 5.32 Å². The highest BCUT2D eigenvalue weighted by atomic mass is 35.5. The molecule has 0 atom stereocenters. The number of nitriles is 1. The van der Waals surface area contributed by atoms with Crippen molar-refractivity contribution in [3.05, 3.63) is 82.0 Å². The summed E-state index contributed by atoms with van der Waals surface area (Å²) < 4.78 is 1.66. The molecule has 0 saturated heterocycles. The van der Waals surface area contributed by atoms with Gasteiger partial charge in [0.1, 0.15) is 17.3 Å². The second-order valence-electron chi connectivity index (χ2n) is 6.42. The molecule has 3 aromatic rings. The van der Waals surface area contributed by atoms with E-state index in [1.54, 1.807) is 22.9 Å².